The molecular weight excluding hydrogens is 256 g/mol. The van der Waals surface area contributed by atoms with Crippen LogP contribution >= 0.6 is 11.8 Å². The highest BCUT2D eigenvalue weighted by Gasteiger charge is 2.08. The van der Waals surface area contributed by atoms with Gasteiger partial charge in [0.2, 0.25) is 5.91 Å². The summed E-state index contributed by atoms with van der Waals surface area (Å²) < 4.78 is 0. The van der Waals surface area contributed by atoms with Crippen LogP contribution in [-0.4, -0.2) is 5.91 Å². The molecule has 0 radical (unpaired) electrons. The molecule has 2 rings (SSSR count). The van der Waals surface area contributed by atoms with Crippen molar-refractivity contribution in [3.8, 4) is 0 Å². The molecule has 19 heavy (non-hydrogen) atoms. The molecule has 4 heteroatoms. The number of carbonyl (C=O) groups is 1. The molecule has 0 spiro atoms. The minimum absolute atomic E-state index is 0.395. The summed E-state index contributed by atoms with van der Waals surface area (Å²) >= 11 is 1.61. The van der Waals surface area contributed by atoms with Crippen molar-refractivity contribution in [2.75, 3.05) is 5.73 Å². The van der Waals surface area contributed by atoms with Gasteiger partial charge in [0.05, 0.1) is 0 Å². The summed E-state index contributed by atoms with van der Waals surface area (Å²) in [4.78, 5) is 12.4. The van der Waals surface area contributed by atoms with Crippen molar-refractivity contribution < 1.29 is 4.79 Å². The number of rotatable bonds is 4. The van der Waals surface area contributed by atoms with Gasteiger partial charge >= 0.3 is 0 Å². The molecule has 0 saturated heterocycles. The number of anilines is 1. The third-order valence-electron chi connectivity index (χ3n) is 2.83. The highest BCUT2D eigenvalue weighted by Crippen LogP contribution is 2.29. The third-order valence-corrected chi connectivity index (χ3v) is 3.97. The zero-order valence-corrected chi connectivity index (χ0v) is 11.5. The predicted molar refractivity (Wildman–Crippen MR) is 80.1 cm³/mol. The summed E-state index contributed by atoms with van der Waals surface area (Å²) in [5.74, 6) is 0.278. The number of primary amides is 1. The van der Waals surface area contributed by atoms with Gasteiger partial charge in [-0.25, -0.2) is 0 Å². The fourth-order valence-corrected chi connectivity index (χ4v) is 2.79. The second-order valence-corrected chi connectivity index (χ2v) is 5.37. The highest BCUT2D eigenvalue weighted by molar-refractivity contribution is 7.98. The Kier molecular flexibility index (Phi) is 4.12. The lowest BCUT2D eigenvalue weighted by molar-refractivity contribution is 0.0999. The van der Waals surface area contributed by atoms with Gasteiger partial charge in [0.25, 0.3) is 0 Å². The number of amides is 1. The van der Waals surface area contributed by atoms with Crippen molar-refractivity contribution in [3.05, 3.63) is 59.2 Å². The molecule has 0 aliphatic carbocycles. The van der Waals surface area contributed by atoms with E-state index in [-0.39, 0.29) is 0 Å². The molecule has 0 atom stereocenters. The van der Waals surface area contributed by atoms with Crippen LogP contribution in [0.2, 0.25) is 0 Å². The van der Waals surface area contributed by atoms with E-state index in [2.05, 4.69) is 0 Å². The van der Waals surface area contributed by atoms with E-state index in [0.29, 0.717) is 11.3 Å². The van der Waals surface area contributed by atoms with Gasteiger partial charge in [-0.2, -0.15) is 0 Å². The maximum atomic E-state index is 11.3. The molecule has 4 N–H and O–H groups in total. The Morgan fingerprint density at radius 3 is 2.63 bits per heavy atom. The van der Waals surface area contributed by atoms with Crippen LogP contribution in [0.1, 0.15) is 21.5 Å². The van der Waals surface area contributed by atoms with E-state index in [4.69, 9.17) is 11.5 Å². The van der Waals surface area contributed by atoms with E-state index >= 15 is 0 Å². The van der Waals surface area contributed by atoms with Gasteiger partial charge in [-0.1, -0.05) is 24.3 Å². The van der Waals surface area contributed by atoms with Crippen LogP contribution in [0.25, 0.3) is 0 Å². The zero-order chi connectivity index (χ0) is 13.8. The molecule has 0 aliphatic heterocycles. The average molecular weight is 272 g/mol. The molecule has 0 fully saturated rings. The normalized spacial score (nSPS) is 10.4. The van der Waals surface area contributed by atoms with Gasteiger partial charge in [0, 0.05) is 21.9 Å². The molecular formula is C15H16N2OS. The number of hydrogen-bond acceptors (Lipinski definition) is 3. The Balaban J connectivity index is 2.17. The third kappa shape index (κ3) is 3.29. The molecule has 2 aromatic carbocycles. The van der Waals surface area contributed by atoms with Crippen molar-refractivity contribution in [2.24, 2.45) is 5.73 Å². The standard InChI is InChI=1S/C15H16N2OS/c1-10-6-7-14(13(16)8-10)19-9-11-4-2-3-5-12(11)15(17)18/h2-8H,9,16H2,1H3,(H2,17,18). The van der Waals surface area contributed by atoms with Crippen LogP contribution in [0.3, 0.4) is 0 Å². The topological polar surface area (TPSA) is 69.1 Å². The first-order valence-corrected chi connectivity index (χ1v) is 6.93. The molecule has 98 valence electrons. The van der Waals surface area contributed by atoms with E-state index in [1.54, 1.807) is 17.8 Å². The minimum Gasteiger partial charge on any atom is -0.398 e. The number of benzene rings is 2. The zero-order valence-electron chi connectivity index (χ0n) is 10.7. The van der Waals surface area contributed by atoms with Crippen LogP contribution in [0.15, 0.2) is 47.4 Å². The Labute approximate surface area is 117 Å². The highest BCUT2D eigenvalue weighted by atomic mass is 32.2. The lowest BCUT2D eigenvalue weighted by Gasteiger charge is -2.08. The second-order valence-electron chi connectivity index (χ2n) is 4.35. The number of carbonyl (C=O) groups excluding carboxylic acids is 1. The lowest BCUT2D eigenvalue weighted by Crippen LogP contribution is -2.13. The molecule has 0 bridgehead atoms. The fourth-order valence-electron chi connectivity index (χ4n) is 1.84. The molecule has 0 aliphatic rings. The summed E-state index contributed by atoms with van der Waals surface area (Å²) in [5.41, 5.74) is 14.7. The van der Waals surface area contributed by atoms with Crippen molar-refractivity contribution >= 4 is 23.4 Å². The fraction of sp³-hybridized carbons (Fsp3) is 0.133. The van der Waals surface area contributed by atoms with E-state index in [0.717, 1.165) is 21.7 Å². The first-order chi connectivity index (χ1) is 9.08. The summed E-state index contributed by atoms with van der Waals surface area (Å²) in [5, 5.41) is 0. The Morgan fingerprint density at radius 1 is 1.21 bits per heavy atom. The lowest BCUT2D eigenvalue weighted by atomic mass is 10.1. The quantitative estimate of drug-likeness (QED) is 0.664. The molecule has 1 amide bonds. The van der Waals surface area contributed by atoms with Crippen molar-refractivity contribution in [1.82, 2.24) is 0 Å². The molecule has 0 saturated carbocycles. The summed E-state index contributed by atoms with van der Waals surface area (Å²) in [6.45, 7) is 2.01. The van der Waals surface area contributed by atoms with Crippen LogP contribution in [0.5, 0.6) is 0 Å². The summed E-state index contributed by atoms with van der Waals surface area (Å²) in [6.07, 6.45) is 0. The van der Waals surface area contributed by atoms with Crippen molar-refractivity contribution in [2.45, 2.75) is 17.6 Å². The van der Waals surface area contributed by atoms with Gasteiger partial charge < -0.3 is 11.5 Å². The number of nitrogens with two attached hydrogens (primary N) is 2. The average Bonchev–Trinajstić information content (AvgIpc) is 2.38. The largest absolute Gasteiger partial charge is 0.398 e. The van der Waals surface area contributed by atoms with Crippen LogP contribution < -0.4 is 11.5 Å². The molecule has 2 aromatic rings. The first-order valence-electron chi connectivity index (χ1n) is 5.94. The Morgan fingerprint density at radius 2 is 1.95 bits per heavy atom. The van der Waals surface area contributed by atoms with Gasteiger partial charge in [0.1, 0.15) is 0 Å². The summed E-state index contributed by atoms with van der Waals surface area (Å²) in [7, 11) is 0. The van der Waals surface area contributed by atoms with E-state index in [9.17, 15) is 4.79 Å². The minimum atomic E-state index is -0.395. The van der Waals surface area contributed by atoms with Gasteiger partial charge in [-0.15, -0.1) is 11.8 Å². The maximum Gasteiger partial charge on any atom is 0.249 e. The SMILES string of the molecule is Cc1ccc(SCc2ccccc2C(N)=O)c(N)c1. The van der Waals surface area contributed by atoms with E-state index < -0.39 is 5.91 Å². The predicted octanol–water partition coefficient (Wildman–Crippen LogP) is 2.97. The number of aryl methyl sites for hydroxylation is 1. The number of hydrogen-bond donors (Lipinski definition) is 2. The van der Waals surface area contributed by atoms with Crippen molar-refractivity contribution in [3.63, 3.8) is 0 Å². The number of nitrogen functional groups attached to an aromatic ring is 1. The van der Waals surface area contributed by atoms with E-state index in [1.165, 1.54) is 0 Å². The maximum absolute atomic E-state index is 11.3. The Hall–Kier alpha value is -1.94. The van der Waals surface area contributed by atoms with E-state index in [1.807, 2.05) is 43.3 Å². The van der Waals surface area contributed by atoms with Crippen LogP contribution in [0.4, 0.5) is 5.69 Å². The second kappa shape index (κ2) is 5.80. The van der Waals surface area contributed by atoms with Crippen LogP contribution in [0, 0.1) is 6.92 Å². The Bertz CT molecular complexity index is 611. The van der Waals surface area contributed by atoms with Gasteiger partial charge in [-0.3, -0.25) is 4.79 Å². The smallest absolute Gasteiger partial charge is 0.249 e. The monoisotopic (exact) mass is 272 g/mol. The molecule has 0 heterocycles. The molecule has 0 unspecified atom stereocenters. The number of thioether (sulfide) groups is 1. The van der Waals surface area contributed by atoms with Crippen molar-refractivity contribution in [1.29, 1.82) is 0 Å². The van der Waals surface area contributed by atoms with Gasteiger partial charge in [0.15, 0.2) is 0 Å². The van der Waals surface area contributed by atoms with Crippen LogP contribution in [-0.2, 0) is 5.75 Å². The van der Waals surface area contributed by atoms with Gasteiger partial charge in [-0.05, 0) is 36.2 Å². The summed E-state index contributed by atoms with van der Waals surface area (Å²) in [6, 6.07) is 13.4. The first kappa shape index (κ1) is 13.5. The molecule has 3 nitrogen and oxygen atoms in total. The molecule has 0 aromatic heterocycles.